The van der Waals surface area contributed by atoms with Crippen LogP contribution in [-0.2, 0) is 6.54 Å². The molecule has 5 rings (SSSR count). The molecule has 2 aromatic heterocycles. The zero-order chi connectivity index (χ0) is 18.4. The van der Waals surface area contributed by atoms with E-state index in [4.69, 9.17) is 5.10 Å². The molecule has 2 aliphatic rings. The molecule has 0 unspecified atom stereocenters. The summed E-state index contributed by atoms with van der Waals surface area (Å²) in [4.78, 5) is 2.23. The topological polar surface area (TPSA) is 46.3 Å². The summed E-state index contributed by atoms with van der Waals surface area (Å²) < 4.78 is 28.7. The highest BCUT2D eigenvalue weighted by atomic mass is 19.1. The third kappa shape index (κ3) is 3.43. The number of nitrogens with zero attached hydrogens (tertiary/aromatic N) is 5. The third-order valence-electron chi connectivity index (χ3n) is 5.58. The average molecular weight is 369 g/mol. The number of fused-ring (bicyclic) bond motifs is 1. The maximum absolute atomic E-state index is 13.4. The van der Waals surface area contributed by atoms with Gasteiger partial charge in [0.2, 0.25) is 0 Å². The number of halogens is 2. The van der Waals surface area contributed by atoms with Gasteiger partial charge in [-0.05, 0) is 68.6 Å². The minimum Gasteiger partial charge on any atom is -0.299 e. The Kier molecular flexibility index (Phi) is 4.11. The quantitative estimate of drug-likeness (QED) is 0.704. The van der Waals surface area contributed by atoms with Gasteiger partial charge in [-0.15, -0.1) is 10.2 Å². The maximum atomic E-state index is 13.4. The van der Waals surface area contributed by atoms with Crippen molar-refractivity contribution in [3.05, 3.63) is 59.0 Å². The normalized spacial score (nSPS) is 19.0. The smallest absolute Gasteiger partial charge is 0.177 e. The molecule has 2 fully saturated rings. The lowest BCUT2D eigenvalue weighted by atomic mass is 9.95. The van der Waals surface area contributed by atoms with E-state index < -0.39 is 11.6 Å². The summed E-state index contributed by atoms with van der Waals surface area (Å²) in [7, 11) is 0. The van der Waals surface area contributed by atoms with Crippen LogP contribution in [0.5, 0.6) is 0 Å². The first-order valence-corrected chi connectivity index (χ1v) is 9.55. The second kappa shape index (κ2) is 6.64. The SMILES string of the molecule is Fc1cc(F)cc(CN2CCC(c3nnc4ccc(C5CC5)nn34)CC2)c1. The van der Waals surface area contributed by atoms with E-state index in [1.54, 1.807) is 0 Å². The van der Waals surface area contributed by atoms with Gasteiger partial charge in [-0.3, -0.25) is 4.90 Å². The van der Waals surface area contributed by atoms with Crippen molar-refractivity contribution in [2.24, 2.45) is 0 Å². The van der Waals surface area contributed by atoms with Gasteiger partial charge >= 0.3 is 0 Å². The Morgan fingerprint density at radius 1 is 0.889 bits per heavy atom. The van der Waals surface area contributed by atoms with E-state index in [0.29, 0.717) is 23.9 Å². The number of hydrogen-bond acceptors (Lipinski definition) is 4. The summed E-state index contributed by atoms with van der Waals surface area (Å²) in [6, 6.07) is 7.79. The van der Waals surface area contributed by atoms with Crippen LogP contribution in [0.4, 0.5) is 8.78 Å². The summed E-state index contributed by atoms with van der Waals surface area (Å²) in [6.07, 6.45) is 4.31. The minimum atomic E-state index is -0.521. The van der Waals surface area contributed by atoms with Crippen LogP contribution in [-0.4, -0.2) is 37.8 Å². The Bertz CT molecular complexity index is 953. The van der Waals surface area contributed by atoms with E-state index in [9.17, 15) is 8.78 Å². The standard InChI is InChI=1S/C20H21F2N5/c21-16-9-13(10-17(22)11-16)12-26-7-5-15(6-8-26)20-24-23-19-4-3-18(14-1-2-14)25-27(19)20/h3-4,9-11,14-15H,1-2,5-8,12H2. The first-order chi connectivity index (χ1) is 13.2. The van der Waals surface area contributed by atoms with Crippen LogP contribution in [0.1, 0.15) is 54.6 Å². The molecule has 0 amide bonds. The van der Waals surface area contributed by atoms with Crippen LogP contribution in [0.3, 0.4) is 0 Å². The van der Waals surface area contributed by atoms with Crippen LogP contribution in [0.25, 0.3) is 5.65 Å². The van der Waals surface area contributed by atoms with Crippen LogP contribution >= 0.6 is 0 Å². The first kappa shape index (κ1) is 16.7. The Labute approximate surface area is 156 Å². The molecule has 1 aromatic carbocycles. The molecule has 0 spiro atoms. The largest absolute Gasteiger partial charge is 0.299 e. The minimum absolute atomic E-state index is 0.308. The van der Waals surface area contributed by atoms with E-state index in [1.807, 2.05) is 10.6 Å². The highest BCUT2D eigenvalue weighted by molar-refractivity contribution is 5.38. The number of likely N-dealkylation sites (tertiary alicyclic amines) is 1. The maximum Gasteiger partial charge on any atom is 0.177 e. The molecule has 140 valence electrons. The lowest BCUT2D eigenvalue weighted by Gasteiger charge is -2.31. The van der Waals surface area contributed by atoms with Crippen molar-refractivity contribution in [1.82, 2.24) is 24.7 Å². The second-order valence-electron chi connectivity index (χ2n) is 7.69. The van der Waals surface area contributed by atoms with Gasteiger partial charge in [0.1, 0.15) is 11.6 Å². The number of hydrogen-bond donors (Lipinski definition) is 0. The fourth-order valence-corrected chi connectivity index (χ4v) is 3.98. The van der Waals surface area contributed by atoms with Gasteiger partial charge in [-0.2, -0.15) is 9.61 Å². The summed E-state index contributed by atoms with van der Waals surface area (Å²) in [5, 5.41) is 13.5. The second-order valence-corrected chi connectivity index (χ2v) is 7.69. The molecular weight excluding hydrogens is 348 g/mol. The summed E-state index contributed by atoms with van der Waals surface area (Å²) in [5.74, 6) is 0.796. The van der Waals surface area contributed by atoms with Crippen molar-refractivity contribution in [3.8, 4) is 0 Å². The van der Waals surface area contributed by atoms with Crippen LogP contribution < -0.4 is 0 Å². The molecule has 1 aliphatic heterocycles. The van der Waals surface area contributed by atoms with Crippen molar-refractivity contribution in [2.45, 2.75) is 44.1 Å². The monoisotopic (exact) mass is 369 g/mol. The highest BCUT2D eigenvalue weighted by Gasteiger charge is 2.28. The van der Waals surface area contributed by atoms with Gasteiger partial charge in [0, 0.05) is 24.4 Å². The van der Waals surface area contributed by atoms with Crippen LogP contribution in [0, 0.1) is 11.6 Å². The van der Waals surface area contributed by atoms with Crippen molar-refractivity contribution in [1.29, 1.82) is 0 Å². The van der Waals surface area contributed by atoms with Gasteiger partial charge in [-0.25, -0.2) is 8.78 Å². The van der Waals surface area contributed by atoms with Gasteiger partial charge in [0.15, 0.2) is 11.5 Å². The van der Waals surface area contributed by atoms with Gasteiger partial charge in [0.25, 0.3) is 0 Å². The van der Waals surface area contributed by atoms with E-state index in [0.717, 1.165) is 49.2 Å². The third-order valence-corrected chi connectivity index (χ3v) is 5.58. The highest BCUT2D eigenvalue weighted by Crippen LogP contribution is 2.39. The molecule has 1 saturated heterocycles. The van der Waals surface area contributed by atoms with Gasteiger partial charge < -0.3 is 0 Å². The molecule has 7 heteroatoms. The molecule has 27 heavy (non-hydrogen) atoms. The fraction of sp³-hybridized carbons (Fsp3) is 0.450. The molecule has 0 atom stereocenters. The Morgan fingerprint density at radius 2 is 1.63 bits per heavy atom. The molecule has 3 aromatic rings. The van der Waals surface area contributed by atoms with Crippen molar-refractivity contribution in [3.63, 3.8) is 0 Å². The van der Waals surface area contributed by atoms with Gasteiger partial charge in [-0.1, -0.05) is 0 Å². The van der Waals surface area contributed by atoms with E-state index in [2.05, 4.69) is 21.2 Å². The van der Waals surface area contributed by atoms with Crippen molar-refractivity contribution < 1.29 is 8.78 Å². The zero-order valence-corrected chi connectivity index (χ0v) is 15.0. The van der Waals surface area contributed by atoms with Crippen LogP contribution in [0.15, 0.2) is 30.3 Å². The lowest BCUT2D eigenvalue weighted by Crippen LogP contribution is -2.33. The van der Waals surface area contributed by atoms with E-state index in [1.165, 1.54) is 25.0 Å². The molecule has 0 radical (unpaired) electrons. The predicted molar refractivity (Wildman–Crippen MR) is 96.4 cm³/mol. The van der Waals surface area contributed by atoms with E-state index >= 15 is 0 Å². The molecule has 5 nitrogen and oxygen atoms in total. The summed E-state index contributed by atoms with van der Waals surface area (Å²) >= 11 is 0. The number of piperidine rings is 1. The molecular formula is C20H21F2N5. The molecule has 0 bridgehead atoms. The number of rotatable bonds is 4. The molecule has 0 N–H and O–H groups in total. The molecule has 3 heterocycles. The first-order valence-electron chi connectivity index (χ1n) is 9.55. The predicted octanol–water partition coefficient (Wildman–Crippen LogP) is 3.66. The van der Waals surface area contributed by atoms with Gasteiger partial charge in [0.05, 0.1) is 5.69 Å². The van der Waals surface area contributed by atoms with Crippen molar-refractivity contribution in [2.75, 3.05) is 13.1 Å². The molecule has 1 aliphatic carbocycles. The Hall–Kier alpha value is -2.41. The summed E-state index contributed by atoms with van der Waals surface area (Å²) in [5.41, 5.74) is 2.61. The zero-order valence-electron chi connectivity index (χ0n) is 15.0. The van der Waals surface area contributed by atoms with Crippen LogP contribution in [0.2, 0.25) is 0 Å². The number of benzene rings is 1. The van der Waals surface area contributed by atoms with Crippen molar-refractivity contribution >= 4 is 5.65 Å². The lowest BCUT2D eigenvalue weighted by molar-refractivity contribution is 0.200. The Balaban J connectivity index is 1.29. The average Bonchev–Trinajstić information content (AvgIpc) is 3.41. The molecule has 1 saturated carbocycles. The summed E-state index contributed by atoms with van der Waals surface area (Å²) in [6.45, 7) is 2.28. The van der Waals surface area contributed by atoms with E-state index in [-0.39, 0.29) is 0 Å². The fourth-order valence-electron chi connectivity index (χ4n) is 3.98. The Morgan fingerprint density at radius 3 is 2.33 bits per heavy atom. The number of aromatic nitrogens is 4.